The van der Waals surface area contributed by atoms with Crippen LogP contribution in [-0.2, 0) is 11.2 Å². The van der Waals surface area contributed by atoms with Crippen molar-refractivity contribution in [1.82, 2.24) is 20.5 Å². The van der Waals surface area contributed by atoms with Gasteiger partial charge in [-0.05, 0) is 31.9 Å². The second-order valence-electron chi connectivity index (χ2n) is 6.75. The van der Waals surface area contributed by atoms with Gasteiger partial charge in [-0.25, -0.2) is 0 Å². The summed E-state index contributed by atoms with van der Waals surface area (Å²) in [5.74, 6) is 0.896. The van der Waals surface area contributed by atoms with Crippen LogP contribution in [0.2, 0.25) is 0 Å². The molecular weight excluding hydrogens is 326 g/mol. The Bertz CT molecular complexity index is 705. The molecule has 3 N–H and O–H groups in total. The smallest absolute Gasteiger partial charge is 0.191 e. The Balaban J connectivity index is 1.51. The van der Waals surface area contributed by atoms with E-state index in [-0.39, 0.29) is 0 Å². The lowest BCUT2D eigenvalue weighted by atomic mass is 10.1. The van der Waals surface area contributed by atoms with E-state index in [9.17, 15) is 0 Å². The van der Waals surface area contributed by atoms with Gasteiger partial charge in [0, 0.05) is 49.3 Å². The van der Waals surface area contributed by atoms with Gasteiger partial charge >= 0.3 is 0 Å². The number of para-hydroxylation sites is 1. The van der Waals surface area contributed by atoms with Crippen LogP contribution in [0.3, 0.4) is 0 Å². The van der Waals surface area contributed by atoms with Crippen molar-refractivity contribution in [3.05, 3.63) is 36.0 Å². The SMILES string of the molecule is CCNC(=NCC(C)N1CCOCC1)NCCc1c[nH]c2ccccc12. The molecule has 0 radical (unpaired) electrons. The summed E-state index contributed by atoms with van der Waals surface area (Å²) in [5.41, 5.74) is 2.54. The lowest BCUT2D eigenvalue weighted by Gasteiger charge is -2.31. The molecule has 0 spiro atoms. The number of nitrogens with one attached hydrogen (secondary N) is 3. The quantitative estimate of drug-likeness (QED) is 0.524. The van der Waals surface area contributed by atoms with Gasteiger partial charge in [0.2, 0.25) is 0 Å². The summed E-state index contributed by atoms with van der Waals surface area (Å²) in [7, 11) is 0. The van der Waals surface area contributed by atoms with Gasteiger partial charge in [-0.3, -0.25) is 9.89 Å². The van der Waals surface area contributed by atoms with E-state index in [0.29, 0.717) is 6.04 Å². The van der Waals surface area contributed by atoms with Crippen LogP contribution in [-0.4, -0.2) is 67.8 Å². The highest BCUT2D eigenvalue weighted by Gasteiger charge is 2.16. The molecule has 0 aliphatic carbocycles. The van der Waals surface area contributed by atoms with Crippen LogP contribution in [0, 0.1) is 0 Å². The van der Waals surface area contributed by atoms with E-state index in [0.717, 1.165) is 58.3 Å². The van der Waals surface area contributed by atoms with Crippen LogP contribution >= 0.6 is 0 Å². The maximum atomic E-state index is 5.43. The summed E-state index contributed by atoms with van der Waals surface area (Å²) in [4.78, 5) is 10.6. The van der Waals surface area contributed by atoms with Crippen LogP contribution in [0.25, 0.3) is 10.9 Å². The van der Waals surface area contributed by atoms with Crippen molar-refractivity contribution < 1.29 is 4.74 Å². The van der Waals surface area contributed by atoms with Crippen LogP contribution in [0.15, 0.2) is 35.5 Å². The Hall–Kier alpha value is -2.05. The number of aliphatic imine (C=N–C) groups is 1. The highest BCUT2D eigenvalue weighted by Crippen LogP contribution is 2.17. The van der Waals surface area contributed by atoms with E-state index < -0.39 is 0 Å². The van der Waals surface area contributed by atoms with Crippen molar-refractivity contribution in [3.63, 3.8) is 0 Å². The van der Waals surface area contributed by atoms with Crippen molar-refractivity contribution in [3.8, 4) is 0 Å². The molecule has 1 saturated heterocycles. The Kier molecular flexibility index (Phi) is 6.91. The van der Waals surface area contributed by atoms with Gasteiger partial charge in [0.25, 0.3) is 0 Å². The topological polar surface area (TPSA) is 64.7 Å². The number of morpholine rings is 1. The standard InChI is InChI=1S/C20H31N5O/c1-3-21-20(24-14-16(2)25-10-12-26-13-11-25)22-9-8-17-15-23-19-7-5-4-6-18(17)19/h4-7,15-16,23H,3,8-14H2,1-2H3,(H2,21,22,24). The van der Waals surface area contributed by atoms with Crippen LogP contribution < -0.4 is 10.6 Å². The summed E-state index contributed by atoms with van der Waals surface area (Å²) in [6.45, 7) is 10.5. The van der Waals surface area contributed by atoms with E-state index in [4.69, 9.17) is 9.73 Å². The average molecular weight is 358 g/mol. The van der Waals surface area contributed by atoms with E-state index >= 15 is 0 Å². The maximum Gasteiger partial charge on any atom is 0.191 e. The number of fused-ring (bicyclic) bond motifs is 1. The molecular formula is C20H31N5O. The van der Waals surface area contributed by atoms with Crippen molar-refractivity contribution in [1.29, 1.82) is 0 Å². The molecule has 2 aromatic rings. The number of aromatic amines is 1. The fourth-order valence-corrected chi connectivity index (χ4v) is 3.35. The molecule has 1 atom stereocenters. The zero-order chi connectivity index (χ0) is 18.2. The largest absolute Gasteiger partial charge is 0.379 e. The summed E-state index contributed by atoms with van der Waals surface area (Å²) in [6, 6.07) is 8.87. The first-order chi connectivity index (χ1) is 12.8. The number of guanidine groups is 1. The minimum absolute atomic E-state index is 0.433. The number of benzene rings is 1. The highest BCUT2D eigenvalue weighted by atomic mass is 16.5. The fraction of sp³-hybridized carbons (Fsp3) is 0.550. The molecule has 6 heteroatoms. The minimum Gasteiger partial charge on any atom is -0.379 e. The summed E-state index contributed by atoms with van der Waals surface area (Å²) in [6.07, 6.45) is 3.07. The zero-order valence-electron chi connectivity index (χ0n) is 15.9. The lowest BCUT2D eigenvalue weighted by Crippen LogP contribution is -2.44. The van der Waals surface area contributed by atoms with Crippen LogP contribution in [0.5, 0.6) is 0 Å². The van der Waals surface area contributed by atoms with Crippen molar-refractivity contribution in [2.75, 3.05) is 45.9 Å². The van der Waals surface area contributed by atoms with Gasteiger partial charge in [0.1, 0.15) is 0 Å². The number of H-pyrrole nitrogens is 1. The molecule has 1 fully saturated rings. The molecule has 1 aromatic carbocycles. The van der Waals surface area contributed by atoms with Gasteiger partial charge in [0.15, 0.2) is 5.96 Å². The fourth-order valence-electron chi connectivity index (χ4n) is 3.35. The Labute approximate surface area is 156 Å². The van der Waals surface area contributed by atoms with Crippen molar-refractivity contribution >= 4 is 16.9 Å². The van der Waals surface area contributed by atoms with E-state index in [2.05, 4.69) is 64.8 Å². The second kappa shape index (κ2) is 9.59. The molecule has 0 bridgehead atoms. The number of hydrogen-bond acceptors (Lipinski definition) is 3. The predicted octanol–water partition coefficient (Wildman–Crippen LogP) is 1.99. The summed E-state index contributed by atoms with van der Waals surface area (Å²) >= 11 is 0. The van der Waals surface area contributed by atoms with E-state index in [1.54, 1.807) is 0 Å². The molecule has 6 nitrogen and oxygen atoms in total. The second-order valence-corrected chi connectivity index (χ2v) is 6.75. The Morgan fingerprint density at radius 3 is 2.88 bits per heavy atom. The van der Waals surface area contributed by atoms with Crippen molar-refractivity contribution in [2.24, 2.45) is 4.99 Å². The Morgan fingerprint density at radius 2 is 2.08 bits per heavy atom. The van der Waals surface area contributed by atoms with E-state index in [1.807, 2.05) is 0 Å². The number of rotatable bonds is 7. The molecule has 142 valence electrons. The van der Waals surface area contributed by atoms with Gasteiger partial charge in [-0.1, -0.05) is 18.2 Å². The van der Waals surface area contributed by atoms with Gasteiger partial charge in [0.05, 0.1) is 19.8 Å². The Morgan fingerprint density at radius 1 is 1.27 bits per heavy atom. The third kappa shape index (κ3) is 4.99. The molecule has 1 aliphatic rings. The summed E-state index contributed by atoms with van der Waals surface area (Å²) < 4.78 is 5.43. The third-order valence-electron chi connectivity index (χ3n) is 4.89. The summed E-state index contributed by atoms with van der Waals surface area (Å²) in [5, 5.41) is 8.11. The first kappa shape index (κ1) is 18.7. The molecule has 0 saturated carbocycles. The third-order valence-corrected chi connectivity index (χ3v) is 4.89. The average Bonchev–Trinajstić information content (AvgIpc) is 3.10. The predicted molar refractivity (Wildman–Crippen MR) is 108 cm³/mol. The van der Waals surface area contributed by atoms with Crippen LogP contribution in [0.1, 0.15) is 19.4 Å². The molecule has 26 heavy (non-hydrogen) atoms. The molecule has 1 aromatic heterocycles. The normalized spacial score (nSPS) is 17.4. The molecule has 0 amide bonds. The van der Waals surface area contributed by atoms with Gasteiger partial charge in [-0.15, -0.1) is 0 Å². The zero-order valence-corrected chi connectivity index (χ0v) is 15.9. The van der Waals surface area contributed by atoms with Gasteiger partial charge < -0.3 is 20.4 Å². The monoisotopic (exact) mass is 357 g/mol. The molecule has 1 aliphatic heterocycles. The number of hydrogen-bond donors (Lipinski definition) is 3. The molecule has 2 heterocycles. The number of nitrogens with zero attached hydrogens (tertiary/aromatic N) is 2. The number of aromatic nitrogens is 1. The number of ether oxygens (including phenoxy) is 1. The molecule has 1 unspecified atom stereocenters. The van der Waals surface area contributed by atoms with E-state index in [1.165, 1.54) is 16.5 Å². The van der Waals surface area contributed by atoms with Gasteiger partial charge in [-0.2, -0.15) is 0 Å². The lowest BCUT2D eigenvalue weighted by molar-refractivity contribution is 0.0220. The maximum absolute atomic E-state index is 5.43. The first-order valence-electron chi connectivity index (χ1n) is 9.67. The molecule has 3 rings (SSSR count). The van der Waals surface area contributed by atoms with Crippen molar-refractivity contribution in [2.45, 2.75) is 26.3 Å². The first-order valence-corrected chi connectivity index (χ1v) is 9.67. The minimum atomic E-state index is 0.433. The van der Waals surface area contributed by atoms with Crippen LogP contribution in [0.4, 0.5) is 0 Å². The highest BCUT2D eigenvalue weighted by molar-refractivity contribution is 5.83.